The summed E-state index contributed by atoms with van der Waals surface area (Å²) in [6.07, 6.45) is 1.11. The highest BCUT2D eigenvalue weighted by Crippen LogP contribution is 2.18. The molecule has 7 nitrogen and oxygen atoms in total. The number of hydrogen-bond acceptors (Lipinski definition) is 6. The van der Waals surface area contributed by atoms with Crippen molar-refractivity contribution in [1.82, 2.24) is 0 Å². The third-order valence-electron chi connectivity index (χ3n) is 3.87. The number of benzene rings is 2. The van der Waals surface area contributed by atoms with E-state index < -0.39 is 20.9 Å². The van der Waals surface area contributed by atoms with Gasteiger partial charge >= 0.3 is 0 Å². The number of anilines is 2. The first-order valence-corrected chi connectivity index (χ1v) is 9.20. The van der Waals surface area contributed by atoms with Gasteiger partial charge in [-0.3, -0.25) is 19.3 Å². The highest BCUT2D eigenvalue weighted by Gasteiger charge is 2.12. The molecule has 3 rings (SSSR count). The fraction of sp³-hybridized carbons (Fsp3) is 0.118. The van der Waals surface area contributed by atoms with E-state index in [1.54, 1.807) is 48.5 Å². The van der Waals surface area contributed by atoms with Crippen LogP contribution in [0.2, 0.25) is 0 Å². The van der Waals surface area contributed by atoms with Gasteiger partial charge in [0.15, 0.2) is 5.36 Å². The van der Waals surface area contributed by atoms with E-state index in [0.29, 0.717) is 22.1 Å². The minimum absolute atomic E-state index is 0.168. The highest BCUT2D eigenvalue weighted by molar-refractivity contribution is 7.92. The monoisotopic (exact) mass is 357 g/mol. The quantitative estimate of drug-likeness (QED) is 0.696. The van der Waals surface area contributed by atoms with Crippen molar-refractivity contribution in [2.75, 3.05) is 23.0 Å². The molecular weight excluding hydrogens is 342 g/mol. The molecule has 0 unspecified atom stereocenters. The lowest BCUT2D eigenvalue weighted by atomic mass is 10.2. The van der Waals surface area contributed by atoms with Crippen molar-refractivity contribution >= 4 is 32.2 Å². The topological polar surface area (TPSA) is 95.9 Å². The largest absolute Gasteiger partial charge is 0.287 e. The Labute approximate surface area is 143 Å². The van der Waals surface area contributed by atoms with E-state index in [1.165, 1.54) is 7.05 Å². The first kappa shape index (κ1) is 16.8. The minimum Gasteiger partial charge on any atom is -0.287 e. The molecule has 25 heavy (non-hydrogen) atoms. The number of fused-ring (bicyclic) bond motifs is 1. The number of sulfonamides is 1. The Bertz CT molecular complexity index is 1140. The Balaban J connectivity index is 1.93. The van der Waals surface area contributed by atoms with Crippen LogP contribution >= 0.6 is 0 Å². The summed E-state index contributed by atoms with van der Waals surface area (Å²) >= 11 is 0. The summed E-state index contributed by atoms with van der Waals surface area (Å²) in [6, 6.07) is 13.0. The van der Waals surface area contributed by atoms with Gasteiger partial charge in [-0.1, -0.05) is 24.3 Å². The Morgan fingerprint density at radius 2 is 1.44 bits per heavy atom. The lowest BCUT2D eigenvalue weighted by Gasteiger charge is -2.16. The van der Waals surface area contributed by atoms with Crippen molar-refractivity contribution < 1.29 is 8.42 Å². The number of nitrogens with zero attached hydrogens (tertiary/aromatic N) is 2. The van der Waals surface area contributed by atoms with Crippen molar-refractivity contribution in [2.24, 2.45) is 5.10 Å². The number of rotatable bonds is 4. The molecule has 0 aromatic heterocycles. The lowest BCUT2D eigenvalue weighted by molar-refractivity contribution is 0.600. The van der Waals surface area contributed by atoms with Gasteiger partial charge in [0.05, 0.1) is 17.6 Å². The molecule has 0 fully saturated rings. The van der Waals surface area contributed by atoms with Crippen LogP contribution in [-0.4, -0.2) is 21.7 Å². The zero-order chi connectivity index (χ0) is 18.2. The molecule has 128 valence electrons. The van der Waals surface area contributed by atoms with Crippen LogP contribution in [0.4, 0.5) is 11.4 Å². The summed E-state index contributed by atoms with van der Waals surface area (Å²) in [5, 5.41) is 4.45. The average molecular weight is 357 g/mol. The summed E-state index contributed by atoms with van der Waals surface area (Å²) in [5.74, 6) is 0. The second kappa shape index (κ2) is 6.14. The normalized spacial score (nSPS) is 11.4. The smallest absolute Gasteiger partial charge is 0.231 e. The zero-order valence-corrected chi connectivity index (χ0v) is 14.4. The van der Waals surface area contributed by atoms with Crippen LogP contribution in [0.3, 0.4) is 0 Å². The molecule has 0 atom stereocenters. The summed E-state index contributed by atoms with van der Waals surface area (Å²) < 4.78 is 24.2. The Morgan fingerprint density at radius 3 is 1.92 bits per heavy atom. The van der Waals surface area contributed by atoms with Gasteiger partial charge in [0.25, 0.3) is 0 Å². The average Bonchev–Trinajstić information content (AvgIpc) is 2.83. The van der Waals surface area contributed by atoms with E-state index in [1.807, 2.05) is 0 Å². The van der Waals surface area contributed by atoms with Gasteiger partial charge < -0.3 is 0 Å². The molecule has 1 N–H and O–H groups in total. The van der Waals surface area contributed by atoms with Crippen LogP contribution in [0.1, 0.15) is 0 Å². The van der Waals surface area contributed by atoms with Crippen molar-refractivity contribution in [1.29, 1.82) is 0 Å². The van der Waals surface area contributed by atoms with Gasteiger partial charge in [0, 0.05) is 17.8 Å². The molecule has 3 aromatic carbocycles. The summed E-state index contributed by atoms with van der Waals surface area (Å²) in [5.41, 5.74) is 2.85. The molecule has 0 amide bonds. The molecular formula is C17H15N3O4S. The van der Waals surface area contributed by atoms with E-state index >= 15 is 0 Å². The molecule has 8 heteroatoms. The van der Waals surface area contributed by atoms with Gasteiger partial charge in [-0.05, 0) is 24.3 Å². The van der Waals surface area contributed by atoms with Gasteiger partial charge in [0.2, 0.25) is 20.9 Å². The first-order valence-electron chi connectivity index (χ1n) is 7.35. The molecule has 3 aromatic rings. The Hall–Kier alpha value is -3.00. The lowest BCUT2D eigenvalue weighted by Crippen LogP contribution is -2.32. The van der Waals surface area contributed by atoms with Crippen LogP contribution in [0, 0.1) is 0 Å². The van der Waals surface area contributed by atoms with Crippen molar-refractivity contribution in [3.8, 4) is 0 Å². The van der Waals surface area contributed by atoms with Gasteiger partial charge in [-0.15, -0.1) is 0 Å². The number of hydrogen-bond donors (Lipinski definition) is 1. The second-order valence-electron chi connectivity index (χ2n) is 5.55. The first-order chi connectivity index (χ1) is 11.8. The standard InChI is InChI=1S/C17H15N3O4S/c1-20(25(2,23)24)12-9-7-11(8-10-12)18-19-15-16(21)13-5-3-4-6-14(13)17(15)22/h3-10,18H,1-2H3. The highest BCUT2D eigenvalue weighted by atomic mass is 32.2. The maximum Gasteiger partial charge on any atom is 0.231 e. The van der Waals surface area contributed by atoms with E-state index in [2.05, 4.69) is 10.5 Å². The zero-order valence-electron chi connectivity index (χ0n) is 13.6. The van der Waals surface area contributed by atoms with Crippen molar-refractivity contribution in [2.45, 2.75) is 0 Å². The van der Waals surface area contributed by atoms with Gasteiger partial charge in [0.1, 0.15) is 0 Å². The molecule has 0 spiro atoms. The molecule has 0 aliphatic heterocycles. The molecule has 0 bridgehead atoms. The second-order valence-corrected chi connectivity index (χ2v) is 7.57. The van der Waals surface area contributed by atoms with Crippen molar-refractivity contribution in [3.63, 3.8) is 0 Å². The van der Waals surface area contributed by atoms with E-state index in [9.17, 15) is 18.0 Å². The van der Waals surface area contributed by atoms with Crippen LogP contribution in [-0.2, 0) is 10.0 Å². The van der Waals surface area contributed by atoms with Crippen molar-refractivity contribution in [3.05, 3.63) is 74.3 Å². The summed E-state index contributed by atoms with van der Waals surface area (Å²) in [4.78, 5) is 24.4. The number of nitrogens with one attached hydrogen (secondary N) is 1. The SMILES string of the molecule is CN(c1ccc(NN=c2c(=O)c3ccccc3c2=O)cc1)S(C)(=O)=O. The molecule has 0 radical (unpaired) electrons. The molecule has 0 aliphatic rings. The maximum absolute atomic E-state index is 12.2. The third kappa shape index (κ3) is 3.16. The van der Waals surface area contributed by atoms with E-state index in [-0.39, 0.29) is 5.36 Å². The van der Waals surface area contributed by atoms with Gasteiger partial charge in [-0.25, -0.2) is 8.42 Å². The van der Waals surface area contributed by atoms with E-state index in [0.717, 1.165) is 10.6 Å². The summed E-state index contributed by atoms with van der Waals surface area (Å²) in [7, 11) is -1.89. The Kier molecular flexibility index (Phi) is 4.13. The Morgan fingerprint density at radius 1 is 0.920 bits per heavy atom. The maximum atomic E-state index is 12.2. The fourth-order valence-corrected chi connectivity index (χ4v) is 2.90. The summed E-state index contributed by atoms with van der Waals surface area (Å²) in [6.45, 7) is 0. The molecule has 0 saturated carbocycles. The fourth-order valence-electron chi connectivity index (χ4n) is 2.40. The van der Waals surface area contributed by atoms with Crippen LogP contribution < -0.4 is 25.9 Å². The molecule has 0 saturated heterocycles. The van der Waals surface area contributed by atoms with E-state index in [4.69, 9.17) is 0 Å². The minimum atomic E-state index is -3.34. The predicted molar refractivity (Wildman–Crippen MR) is 97.7 cm³/mol. The van der Waals surface area contributed by atoms with Crippen LogP contribution in [0.5, 0.6) is 0 Å². The third-order valence-corrected chi connectivity index (χ3v) is 5.08. The molecule has 0 aliphatic carbocycles. The van der Waals surface area contributed by atoms with Crippen LogP contribution in [0.25, 0.3) is 10.8 Å². The van der Waals surface area contributed by atoms with Crippen LogP contribution in [0.15, 0.2) is 63.2 Å². The molecule has 0 heterocycles. The predicted octanol–water partition coefficient (Wildman–Crippen LogP) is 0.759. The van der Waals surface area contributed by atoms with Gasteiger partial charge in [-0.2, -0.15) is 5.10 Å².